The van der Waals surface area contributed by atoms with Gasteiger partial charge in [0.25, 0.3) is 0 Å². The highest BCUT2D eigenvalue weighted by Gasteiger charge is 2.66. The second-order valence-corrected chi connectivity index (χ2v) is 11.7. The minimum Gasteiger partial charge on any atom is -0.453 e. The Hall–Kier alpha value is -1.43. The third-order valence-corrected chi connectivity index (χ3v) is 8.66. The van der Waals surface area contributed by atoms with Gasteiger partial charge >= 0.3 is 5.97 Å². The highest BCUT2D eigenvalue weighted by atomic mass is 79.9. The summed E-state index contributed by atoms with van der Waals surface area (Å²) in [6.07, 6.45) is 5.53. The van der Waals surface area contributed by atoms with E-state index < -0.39 is 23.8 Å². The molecule has 3 rings (SSSR count). The first-order valence-corrected chi connectivity index (χ1v) is 12.3. The zero-order valence-electron chi connectivity index (χ0n) is 19.9. The van der Waals surface area contributed by atoms with Crippen molar-refractivity contribution in [2.75, 3.05) is 0 Å². The molecule has 1 aromatic rings. The van der Waals surface area contributed by atoms with E-state index in [1.165, 1.54) is 0 Å². The van der Waals surface area contributed by atoms with Gasteiger partial charge in [0.15, 0.2) is 6.10 Å². The molecular formula is C27H37BrO4. The standard InChI is InChI=1S/C27H37BrO4/c1-7-17(2)9-14-20-26(5)16-8-15-25(3,4)22(26)21(29)23(27(20,6)31)32-24(30)18-10-12-19(28)13-11-18/h7,9-13,20-23,29,31H,1,8,14-16H2,2-6H3/b17-9+/t20-,21-,22+,23+,26-,27+/m0/s1. The van der Waals surface area contributed by atoms with Gasteiger partial charge in [-0.2, -0.15) is 0 Å². The molecule has 6 atom stereocenters. The lowest BCUT2D eigenvalue weighted by atomic mass is 9.43. The van der Waals surface area contributed by atoms with Gasteiger partial charge in [-0.15, -0.1) is 0 Å². The monoisotopic (exact) mass is 504 g/mol. The molecule has 0 bridgehead atoms. The van der Waals surface area contributed by atoms with Crippen LogP contribution in [0.25, 0.3) is 0 Å². The molecule has 176 valence electrons. The highest BCUT2D eigenvalue weighted by molar-refractivity contribution is 9.10. The Bertz CT molecular complexity index is 885. The van der Waals surface area contributed by atoms with Gasteiger partial charge in [-0.3, -0.25) is 0 Å². The lowest BCUT2D eigenvalue weighted by molar-refractivity contribution is -0.264. The molecule has 0 spiro atoms. The van der Waals surface area contributed by atoms with Crippen LogP contribution in [0.4, 0.5) is 0 Å². The molecule has 2 aliphatic rings. The normalized spacial score (nSPS) is 36.8. The van der Waals surface area contributed by atoms with Crippen molar-refractivity contribution in [1.29, 1.82) is 0 Å². The first-order chi connectivity index (χ1) is 14.8. The van der Waals surface area contributed by atoms with E-state index in [9.17, 15) is 15.0 Å². The fraction of sp³-hybridized carbons (Fsp3) is 0.593. The van der Waals surface area contributed by atoms with Gasteiger partial charge in [-0.25, -0.2) is 4.79 Å². The van der Waals surface area contributed by atoms with E-state index in [1.807, 2.05) is 13.0 Å². The van der Waals surface area contributed by atoms with Gasteiger partial charge in [0.05, 0.1) is 11.7 Å². The van der Waals surface area contributed by atoms with Crippen molar-refractivity contribution in [2.45, 2.75) is 78.1 Å². The van der Waals surface area contributed by atoms with Crippen LogP contribution in [0.5, 0.6) is 0 Å². The Morgan fingerprint density at radius 3 is 2.44 bits per heavy atom. The molecule has 5 heteroatoms. The summed E-state index contributed by atoms with van der Waals surface area (Å²) in [5.41, 5.74) is -0.373. The van der Waals surface area contributed by atoms with E-state index in [4.69, 9.17) is 4.74 Å². The quantitative estimate of drug-likeness (QED) is 0.377. The number of fused-ring (bicyclic) bond motifs is 1. The summed E-state index contributed by atoms with van der Waals surface area (Å²) in [5, 5.41) is 23.5. The maximum atomic E-state index is 13.0. The first-order valence-electron chi connectivity index (χ1n) is 11.5. The van der Waals surface area contributed by atoms with E-state index in [2.05, 4.69) is 49.4 Å². The summed E-state index contributed by atoms with van der Waals surface area (Å²) >= 11 is 3.38. The summed E-state index contributed by atoms with van der Waals surface area (Å²) in [5.74, 6) is -0.815. The van der Waals surface area contributed by atoms with Crippen molar-refractivity contribution in [2.24, 2.45) is 22.7 Å². The SMILES string of the molecule is C=C/C(C)=C/C[C@@H]1[C@@](C)(O)[C@H](OC(=O)c2ccc(Br)cc2)[C@@H](O)[C@@H]2C(C)(C)CCC[C@]21C. The summed E-state index contributed by atoms with van der Waals surface area (Å²) in [4.78, 5) is 13.0. The molecule has 2 saturated carbocycles. The molecule has 0 radical (unpaired) electrons. The lowest BCUT2D eigenvalue weighted by Crippen LogP contribution is -2.70. The minimum absolute atomic E-state index is 0.103. The largest absolute Gasteiger partial charge is 0.453 e. The van der Waals surface area contributed by atoms with Gasteiger partial charge in [0, 0.05) is 10.4 Å². The van der Waals surface area contributed by atoms with Crippen molar-refractivity contribution >= 4 is 21.9 Å². The maximum absolute atomic E-state index is 13.0. The average Bonchev–Trinajstić information content (AvgIpc) is 2.70. The number of ether oxygens (including phenoxy) is 1. The Morgan fingerprint density at radius 2 is 1.84 bits per heavy atom. The van der Waals surface area contributed by atoms with Crippen molar-refractivity contribution in [3.63, 3.8) is 0 Å². The summed E-state index contributed by atoms with van der Waals surface area (Å²) in [7, 11) is 0. The number of aliphatic hydroxyl groups is 2. The molecule has 2 aliphatic carbocycles. The zero-order chi connectivity index (χ0) is 23.9. The summed E-state index contributed by atoms with van der Waals surface area (Å²) in [6, 6.07) is 6.91. The van der Waals surface area contributed by atoms with E-state index in [0.29, 0.717) is 12.0 Å². The third kappa shape index (κ3) is 4.49. The predicted molar refractivity (Wildman–Crippen MR) is 131 cm³/mol. The van der Waals surface area contributed by atoms with Crippen molar-refractivity contribution in [3.8, 4) is 0 Å². The van der Waals surface area contributed by atoms with Gasteiger partial charge < -0.3 is 14.9 Å². The Kier molecular flexibility index (Phi) is 7.15. The molecule has 4 nitrogen and oxygen atoms in total. The molecule has 0 unspecified atom stereocenters. The van der Waals surface area contributed by atoms with Crippen LogP contribution >= 0.6 is 15.9 Å². The van der Waals surface area contributed by atoms with E-state index in [1.54, 1.807) is 31.2 Å². The van der Waals surface area contributed by atoms with Crippen molar-refractivity contribution in [3.05, 3.63) is 58.6 Å². The van der Waals surface area contributed by atoms with Crippen LogP contribution in [0.2, 0.25) is 0 Å². The number of carbonyl (C=O) groups is 1. The number of hydrogen-bond donors (Lipinski definition) is 2. The van der Waals surface area contributed by atoms with Crippen LogP contribution in [0, 0.1) is 22.7 Å². The molecule has 0 aromatic heterocycles. The molecular weight excluding hydrogens is 468 g/mol. The smallest absolute Gasteiger partial charge is 0.338 e. The molecule has 2 N–H and O–H groups in total. The Balaban J connectivity index is 2.03. The van der Waals surface area contributed by atoms with E-state index in [-0.39, 0.29) is 22.7 Å². The number of allylic oxidation sites excluding steroid dienone is 3. The van der Waals surface area contributed by atoms with Crippen LogP contribution in [0.15, 0.2) is 53.0 Å². The molecule has 2 fully saturated rings. The lowest BCUT2D eigenvalue weighted by Gasteiger charge is -2.64. The van der Waals surface area contributed by atoms with Gasteiger partial charge in [-0.05, 0) is 74.1 Å². The molecule has 32 heavy (non-hydrogen) atoms. The molecule has 0 aliphatic heterocycles. The number of hydrogen-bond acceptors (Lipinski definition) is 4. The second-order valence-electron chi connectivity index (χ2n) is 10.8. The number of carbonyl (C=O) groups excluding carboxylic acids is 1. The number of rotatable bonds is 5. The number of benzene rings is 1. The minimum atomic E-state index is -1.39. The fourth-order valence-corrected chi connectivity index (χ4v) is 6.88. The summed E-state index contributed by atoms with van der Waals surface area (Å²) < 4.78 is 6.76. The van der Waals surface area contributed by atoms with Crippen molar-refractivity contribution < 1.29 is 19.7 Å². The van der Waals surface area contributed by atoms with Gasteiger partial charge in [-0.1, -0.05) is 67.4 Å². The van der Waals surface area contributed by atoms with Gasteiger partial charge in [0.1, 0.15) is 5.60 Å². The molecule has 0 saturated heterocycles. The molecule has 0 amide bonds. The number of aliphatic hydroxyl groups excluding tert-OH is 1. The predicted octanol–water partition coefficient (Wildman–Crippen LogP) is 6.07. The van der Waals surface area contributed by atoms with Crippen LogP contribution < -0.4 is 0 Å². The van der Waals surface area contributed by atoms with Crippen molar-refractivity contribution in [1.82, 2.24) is 0 Å². The zero-order valence-corrected chi connectivity index (χ0v) is 21.5. The number of halogens is 1. The van der Waals surface area contributed by atoms with Gasteiger partial charge in [0.2, 0.25) is 0 Å². The first kappa shape index (κ1) is 25.2. The average molecular weight is 505 g/mol. The number of esters is 1. The topological polar surface area (TPSA) is 66.8 Å². The van der Waals surface area contributed by atoms with Crippen LogP contribution in [0.1, 0.15) is 70.7 Å². The Morgan fingerprint density at radius 1 is 1.22 bits per heavy atom. The molecule has 0 heterocycles. The second kappa shape index (κ2) is 9.08. The third-order valence-electron chi connectivity index (χ3n) is 8.13. The van der Waals surface area contributed by atoms with Crippen LogP contribution in [0.3, 0.4) is 0 Å². The van der Waals surface area contributed by atoms with E-state index >= 15 is 0 Å². The van der Waals surface area contributed by atoms with Crippen LogP contribution in [-0.2, 0) is 4.74 Å². The molecule has 1 aromatic carbocycles. The summed E-state index contributed by atoms with van der Waals surface area (Å²) in [6.45, 7) is 14.1. The fourth-order valence-electron chi connectivity index (χ4n) is 6.61. The van der Waals surface area contributed by atoms with E-state index in [0.717, 1.165) is 29.3 Å². The van der Waals surface area contributed by atoms with Crippen LogP contribution in [-0.4, -0.2) is 34.0 Å². The highest BCUT2D eigenvalue weighted by Crippen LogP contribution is 2.63. The maximum Gasteiger partial charge on any atom is 0.338 e. The Labute approximate surface area is 200 Å².